The molecule has 9 heteroatoms. The van der Waals surface area contributed by atoms with E-state index in [0.29, 0.717) is 13.1 Å². The summed E-state index contributed by atoms with van der Waals surface area (Å²) in [7, 11) is 0. The summed E-state index contributed by atoms with van der Waals surface area (Å²) < 4.78 is 5.18. The van der Waals surface area contributed by atoms with Crippen molar-refractivity contribution < 1.29 is 9.63 Å². The molecule has 2 aromatic rings. The highest BCUT2D eigenvalue weighted by Gasteiger charge is 2.22. The van der Waals surface area contributed by atoms with E-state index in [-0.39, 0.29) is 24.0 Å². The van der Waals surface area contributed by atoms with Gasteiger partial charge in [-0.2, -0.15) is 0 Å². The van der Waals surface area contributed by atoms with Gasteiger partial charge in [-0.25, -0.2) is 0 Å². The Balaban J connectivity index is 0.00000306. The second-order valence-electron chi connectivity index (χ2n) is 8.79. The second-order valence-corrected chi connectivity index (χ2v) is 8.79. The highest BCUT2D eigenvalue weighted by atomic mass is 127. The molecule has 0 amide bonds. The number of fused-ring (bicyclic) bond motifs is 1. The number of benzene rings is 1. The Kier molecular flexibility index (Phi) is 9.96. The summed E-state index contributed by atoms with van der Waals surface area (Å²) in [6.45, 7) is 12.3. The number of nitrogens with zero attached hydrogens (tertiary/aromatic N) is 5. The second kappa shape index (κ2) is 12.7. The molecule has 33 heavy (non-hydrogen) atoms. The maximum Gasteiger partial charge on any atom is 0.194 e. The molecule has 1 fully saturated rings. The van der Waals surface area contributed by atoms with Crippen molar-refractivity contribution in [1.29, 1.82) is 0 Å². The third-order valence-corrected chi connectivity index (χ3v) is 6.20. The van der Waals surface area contributed by atoms with E-state index in [0.717, 1.165) is 76.2 Å². The molecular weight excluding hydrogens is 531 g/mol. The van der Waals surface area contributed by atoms with Crippen LogP contribution in [-0.4, -0.2) is 89.4 Å². The third-order valence-electron chi connectivity index (χ3n) is 6.20. The van der Waals surface area contributed by atoms with Crippen LogP contribution in [0.1, 0.15) is 29.5 Å². The van der Waals surface area contributed by atoms with Gasteiger partial charge in [-0.05, 0) is 31.4 Å². The van der Waals surface area contributed by atoms with Gasteiger partial charge in [0.05, 0.1) is 18.3 Å². The highest BCUT2D eigenvalue weighted by molar-refractivity contribution is 14.0. The summed E-state index contributed by atoms with van der Waals surface area (Å²) in [5.41, 5.74) is 3.80. The topological polar surface area (TPSA) is 80.4 Å². The van der Waals surface area contributed by atoms with Crippen molar-refractivity contribution in [3.05, 3.63) is 52.9 Å². The van der Waals surface area contributed by atoms with E-state index in [1.54, 1.807) is 0 Å². The van der Waals surface area contributed by atoms with Crippen LogP contribution in [0.2, 0.25) is 0 Å². The molecule has 2 aliphatic rings. The molecule has 182 valence electrons. The zero-order valence-corrected chi connectivity index (χ0v) is 22.1. The molecule has 0 spiro atoms. The number of aromatic nitrogens is 1. The minimum absolute atomic E-state index is 0. The quantitative estimate of drug-likeness (QED) is 0.301. The van der Waals surface area contributed by atoms with Crippen LogP contribution in [0.4, 0.5) is 0 Å². The van der Waals surface area contributed by atoms with Gasteiger partial charge in [0.15, 0.2) is 5.96 Å². The van der Waals surface area contributed by atoms with E-state index in [1.165, 1.54) is 11.1 Å². The number of hydrogen-bond acceptors (Lipinski definition) is 6. The molecule has 0 saturated carbocycles. The van der Waals surface area contributed by atoms with Crippen molar-refractivity contribution in [2.24, 2.45) is 4.99 Å². The molecule has 3 heterocycles. The van der Waals surface area contributed by atoms with Crippen molar-refractivity contribution in [1.82, 2.24) is 25.2 Å². The lowest BCUT2D eigenvalue weighted by Crippen LogP contribution is -2.52. The van der Waals surface area contributed by atoms with Crippen LogP contribution in [0.3, 0.4) is 0 Å². The molecule has 1 aromatic heterocycles. The highest BCUT2D eigenvalue weighted by Crippen LogP contribution is 2.18. The van der Waals surface area contributed by atoms with Crippen LogP contribution in [0.25, 0.3) is 0 Å². The van der Waals surface area contributed by atoms with E-state index in [1.807, 2.05) is 13.0 Å². The predicted octanol–water partition coefficient (Wildman–Crippen LogP) is 2.10. The molecule has 1 aromatic carbocycles. The first-order chi connectivity index (χ1) is 15.6. The maximum absolute atomic E-state index is 10.7. The van der Waals surface area contributed by atoms with Crippen LogP contribution in [0.5, 0.6) is 0 Å². The summed E-state index contributed by atoms with van der Waals surface area (Å²) >= 11 is 0. The number of piperazine rings is 1. The number of hydrogen-bond donors (Lipinski definition) is 2. The molecule has 1 saturated heterocycles. The van der Waals surface area contributed by atoms with Gasteiger partial charge in [-0.3, -0.25) is 14.8 Å². The number of aryl methyl sites for hydroxylation is 1. The van der Waals surface area contributed by atoms with Gasteiger partial charge >= 0.3 is 0 Å². The Labute approximate surface area is 214 Å². The molecule has 2 N–H and O–H groups in total. The van der Waals surface area contributed by atoms with E-state index in [2.05, 4.69) is 56.4 Å². The molecule has 1 unspecified atom stereocenters. The number of β-amino-alcohol motifs (C(OH)–C–C–N with tert-alkyl or cyclic N) is 1. The fourth-order valence-electron chi connectivity index (χ4n) is 4.52. The van der Waals surface area contributed by atoms with Crippen LogP contribution in [0.15, 0.2) is 39.8 Å². The Morgan fingerprint density at radius 1 is 1.15 bits per heavy atom. The van der Waals surface area contributed by atoms with Gasteiger partial charge in [0.25, 0.3) is 0 Å². The zero-order valence-electron chi connectivity index (χ0n) is 19.7. The molecule has 0 radical (unpaired) electrons. The Hall–Kier alpha value is -1.69. The van der Waals surface area contributed by atoms with E-state index >= 15 is 0 Å². The Morgan fingerprint density at radius 2 is 1.91 bits per heavy atom. The first-order valence-corrected chi connectivity index (χ1v) is 11.8. The summed E-state index contributed by atoms with van der Waals surface area (Å²) in [4.78, 5) is 11.8. The van der Waals surface area contributed by atoms with Crippen molar-refractivity contribution in [3.8, 4) is 0 Å². The summed E-state index contributed by atoms with van der Waals surface area (Å²) in [5, 5.41) is 18.2. The lowest BCUT2D eigenvalue weighted by atomic mass is 10.00. The van der Waals surface area contributed by atoms with Gasteiger partial charge in [-0.15, -0.1) is 24.0 Å². The Bertz CT molecular complexity index is 897. The van der Waals surface area contributed by atoms with Crippen LogP contribution in [-0.2, 0) is 19.5 Å². The largest absolute Gasteiger partial charge is 0.390 e. The number of guanidine groups is 1. The van der Waals surface area contributed by atoms with Crippen molar-refractivity contribution in [3.63, 3.8) is 0 Å². The number of rotatable bonds is 7. The van der Waals surface area contributed by atoms with E-state index < -0.39 is 6.10 Å². The lowest BCUT2D eigenvalue weighted by molar-refractivity contribution is 0.111. The Morgan fingerprint density at radius 3 is 2.61 bits per heavy atom. The van der Waals surface area contributed by atoms with E-state index in [4.69, 9.17) is 9.52 Å². The number of aliphatic imine (C=N–C) groups is 1. The molecule has 1 atom stereocenters. The average Bonchev–Trinajstić information content (AvgIpc) is 3.21. The van der Waals surface area contributed by atoms with Crippen molar-refractivity contribution in [2.45, 2.75) is 39.5 Å². The van der Waals surface area contributed by atoms with Crippen molar-refractivity contribution >= 4 is 29.9 Å². The molecular formula is C24H37IN6O2. The standard InChI is InChI=1S/C24H36N6O2.HI/c1-3-25-24(30-12-10-28(11-13-30)17-22-14-19(2)32-27-22)26-15-23(31)18-29-9-8-20-6-4-5-7-21(20)16-29;/h4-7,14,23,31H,3,8-13,15-18H2,1-2H3,(H,25,26);1H. The normalized spacial score (nSPS) is 18.5. The molecule has 0 aliphatic carbocycles. The van der Waals surface area contributed by atoms with Gasteiger partial charge < -0.3 is 19.8 Å². The fourth-order valence-corrected chi connectivity index (χ4v) is 4.52. The summed E-state index contributed by atoms with van der Waals surface area (Å²) in [5.74, 6) is 1.75. The predicted molar refractivity (Wildman–Crippen MR) is 141 cm³/mol. The monoisotopic (exact) mass is 568 g/mol. The minimum atomic E-state index is -0.467. The zero-order chi connectivity index (χ0) is 22.3. The third kappa shape index (κ3) is 7.40. The van der Waals surface area contributed by atoms with Gasteiger partial charge in [0.1, 0.15) is 5.76 Å². The molecule has 4 rings (SSSR count). The minimum Gasteiger partial charge on any atom is -0.390 e. The van der Waals surface area contributed by atoms with Gasteiger partial charge in [0.2, 0.25) is 0 Å². The van der Waals surface area contributed by atoms with Crippen LogP contribution < -0.4 is 5.32 Å². The molecule has 8 nitrogen and oxygen atoms in total. The molecule has 2 aliphatic heterocycles. The van der Waals surface area contributed by atoms with Gasteiger partial charge in [0, 0.05) is 65.0 Å². The van der Waals surface area contributed by atoms with Crippen LogP contribution in [0, 0.1) is 6.92 Å². The number of aliphatic hydroxyl groups is 1. The fraction of sp³-hybridized carbons (Fsp3) is 0.583. The number of aliphatic hydroxyl groups excluding tert-OH is 1. The smallest absolute Gasteiger partial charge is 0.194 e. The van der Waals surface area contributed by atoms with Crippen LogP contribution >= 0.6 is 24.0 Å². The van der Waals surface area contributed by atoms with E-state index in [9.17, 15) is 5.11 Å². The van der Waals surface area contributed by atoms with Crippen molar-refractivity contribution in [2.75, 3.05) is 52.4 Å². The first kappa shape index (κ1) is 25.9. The number of halogens is 1. The lowest BCUT2D eigenvalue weighted by Gasteiger charge is -2.36. The average molecular weight is 569 g/mol. The molecule has 0 bridgehead atoms. The number of nitrogens with one attached hydrogen (secondary N) is 1. The van der Waals surface area contributed by atoms with Gasteiger partial charge in [-0.1, -0.05) is 29.4 Å². The SMILES string of the molecule is CCNC(=NCC(O)CN1CCc2ccccc2C1)N1CCN(Cc2cc(C)on2)CC1.I. The summed E-state index contributed by atoms with van der Waals surface area (Å²) in [6, 6.07) is 10.6. The summed E-state index contributed by atoms with van der Waals surface area (Å²) in [6.07, 6.45) is 0.582. The maximum atomic E-state index is 10.7. The first-order valence-electron chi connectivity index (χ1n) is 11.8.